The highest BCUT2D eigenvalue weighted by molar-refractivity contribution is 7.31. The van der Waals surface area contributed by atoms with Gasteiger partial charge in [0.1, 0.15) is 16.9 Å². The fraction of sp³-hybridized carbons (Fsp3) is 0.0306. The third kappa shape index (κ3) is 11.6. The zero-order valence-corrected chi connectivity index (χ0v) is 64.0. The molecular formula is C98H63BF2N6OS4. The summed E-state index contributed by atoms with van der Waals surface area (Å²) in [4.78, 5) is 18.4. The van der Waals surface area contributed by atoms with Crippen molar-refractivity contribution in [1.82, 2.24) is 24.4 Å². The third-order valence-corrected chi connectivity index (χ3v) is 26.4. The van der Waals surface area contributed by atoms with Crippen LogP contribution in [0, 0.1) is 43.3 Å². The number of aryl methyl sites for hydroxylation is 3. The minimum absolute atomic E-state index is 0.351. The number of thiophene rings is 4. The van der Waals surface area contributed by atoms with Gasteiger partial charge in [-0.05, 0) is 205 Å². The Bertz CT molecular complexity index is 7520. The molecule has 0 amide bonds. The van der Waals surface area contributed by atoms with E-state index in [2.05, 4.69) is 212 Å². The molecule has 0 aliphatic carbocycles. The zero-order valence-electron chi connectivity index (χ0n) is 60.7. The number of aromatic nitrogens is 5. The van der Waals surface area contributed by atoms with Crippen LogP contribution < -0.4 is 21.4 Å². The summed E-state index contributed by atoms with van der Waals surface area (Å²) in [5, 5.41) is 3.28. The quantitative estimate of drug-likeness (QED) is 0.123. The smallest absolute Gasteiger partial charge is 0.456 e. The monoisotopic (exact) mass is 1520 g/mol. The molecule has 20 bridgehead atoms. The van der Waals surface area contributed by atoms with Crippen LogP contribution in [-0.4, -0.2) is 41.6 Å². The van der Waals surface area contributed by atoms with Crippen molar-refractivity contribution in [2.75, 3.05) is 0 Å². The van der Waals surface area contributed by atoms with Gasteiger partial charge in [-0.15, -0.1) is 45.3 Å². The molecule has 0 radical (unpaired) electrons. The van der Waals surface area contributed by atoms with Crippen LogP contribution in [0.15, 0.2) is 296 Å². The van der Waals surface area contributed by atoms with Crippen molar-refractivity contribution in [2.45, 2.75) is 20.8 Å². The number of fused-ring (bicyclic) bond motifs is 20. The summed E-state index contributed by atoms with van der Waals surface area (Å²) in [5.74, 6) is 8.21. The maximum Gasteiger partial charge on any atom is 0.738 e. The van der Waals surface area contributed by atoms with Crippen molar-refractivity contribution in [3.63, 3.8) is 0 Å². The molecule has 21 rings (SSSR count). The second-order valence-corrected chi connectivity index (χ2v) is 33.1. The second kappa shape index (κ2) is 26.9. The van der Waals surface area contributed by atoms with E-state index in [0.717, 1.165) is 145 Å². The van der Waals surface area contributed by atoms with Crippen LogP contribution in [0.5, 0.6) is 0 Å². The van der Waals surface area contributed by atoms with Gasteiger partial charge in [0.05, 0.1) is 44.4 Å². The van der Waals surface area contributed by atoms with Crippen molar-refractivity contribution in [2.24, 2.45) is 0 Å². The predicted molar refractivity (Wildman–Crippen MR) is 463 cm³/mol. The molecule has 0 saturated heterocycles. The number of H-pyrrole nitrogens is 2. The Morgan fingerprint density at radius 1 is 0.330 bits per heavy atom. The van der Waals surface area contributed by atoms with Crippen LogP contribution in [0.25, 0.3) is 129 Å². The van der Waals surface area contributed by atoms with E-state index in [4.69, 9.17) is 14.4 Å². The van der Waals surface area contributed by atoms with Crippen LogP contribution in [0.3, 0.4) is 0 Å². The van der Waals surface area contributed by atoms with Gasteiger partial charge in [0.25, 0.3) is 0 Å². The normalized spacial score (nSPS) is 13.7. The summed E-state index contributed by atoms with van der Waals surface area (Å²) in [6, 6.07) is 96.4. The van der Waals surface area contributed by atoms with Crippen LogP contribution in [0.2, 0.25) is 0 Å². The molecule has 7 nitrogen and oxygen atoms in total. The van der Waals surface area contributed by atoms with E-state index in [-0.39, 0.29) is 0 Å². The lowest BCUT2D eigenvalue weighted by molar-refractivity contribution is -0.318. The largest absolute Gasteiger partial charge is 0.738 e. The number of allylic oxidation sites excluding steroid dienone is 1. The molecule has 14 heterocycles. The Morgan fingerprint density at radius 3 is 1.10 bits per heavy atom. The Morgan fingerprint density at radius 2 is 0.679 bits per heavy atom. The first kappa shape index (κ1) is 67.0. The van der Waals surface area contributed by atoms with Crippen LogP contribution in [0.1, 0.15) is 78.8 Å². The number of nitrogens with one attached hydrogen (secondary N) is 2. The van der Waals surface area contributed by atoms with Crippen molar-refractivity contribution >= 4 is 142 Å². The van der Waals surface area contributed by atoms with E-state index in [0.29, 0.717) is 49.9 Å². The summed E-state index contributed by atoms with van der Waals surface area (Å²) in [6.07, 6.45) is 12.4. The molecule has 2 N–H and O–H groups in total. The minimum atomic E-state index is -4.50. The van der Waals surface area contributed by atoms with E-state index in [9.17, 15) is 0 Å². The zero-order chi connectivity index (χ0) is 74.9. The molecule has 14 heteroatoms. The number of halogens is 2. The number of furan rings is 1. The van der Waals surface area contributed by atoms with Gasteiger partial charge >= 0.3 is 6.97 Å². The molecular weight excluding hydrogens is 1450 g/mol. The Labute approximate surface area is 658 Å². The lowest BCUT2D eigenvalue weighted by Gasteiger charge is -2.29. The number of rotatable bonds is 7. The molecule has 7 aromatic carbocycles. The van der Waals surface area contributed by atoms with Crippen molar-refractivity contribution in [1.29, 1.82) is 0 Å². The Hall–Kier alpha value is -13.1. The maximum absolute atomic E-state index is 18.4. The predicted octanol–water partition coefficient (Wildman–Crippen LogP) is 22.1. The molecule has 0 atom stereocenters. The average Bonchev–Trinajstić information content (AvgIpc) is 1.53. The SMILES string of the molecule is Cc1ccc(-c2c3nc(c(-c4ccc(C)cc4)c4ccc(s4)c4ccc(s4)c(-c4ccc(C#Cc5ccc(C6=c7ccc8n7[B-](F)(F)[N+]7=C6C=CC7=c6ccc([nH]6)=C(c6ccccc6)c6ccc(o6)C(c6ccccc6)=c6ccc=8[nH]6)cc5)cc4)c4nc(c(-c5ccc(C)cc5)c5ccc(s5)c5ccc2s5)C=C4)C=C3)cc1. The summed E-state index contributed by atoms with van der Waals surface area (Å²) < 4.78 is 55.3. The lowest BCUT2D eigenvalue weighted by Crippen LogP contribution is -2.56. The fourth-order valence-corrected chi connectivity index (χ4v) is 20.6. The highest BCUT2D eigenvalue weighted by Crippen LogP contribution is 2.44. The molecule has 112 heavy (non-hydrogen) atoms. The van der Waals surface area contributed by atoms with Gasteiger partial charge in [0.2, 0.25) is 0 Å². The molecule has 5 aliphatic heterocycles. The highest BCUT2D eigenvalue weighted by atomic mass is 32.1. The van der Waals surface area contributed by atoms with Gasteiger partial charge in [-0.25, -0.2) is 9.97 Å². The standard InChI is InChI=1S/C98H63BF2N6OS4/c1-58-14-26-65(27-15-58)94-74-40-41-75(104-74)95(66-28-16-59(2)17-29-66)89-56-52-86(111-89)87-53-57-91(112-87)97(77-43-42-76(105-77)96(67-30-18-60(3)19-31-67)90-55-51-85(110-90)84-50-54-88(94)109-84)68-32-22-61(23-33-68)20-21-62-24-34-69(35-25-62)98-80-46-44-78-70-36-38-72(102-70)92(63-10-6-4-7-11-63)82-48-49-83(108-82)93(64-12-8-5-9-13-64)73-39-37-71(103-73)79-45-47-81(98)107(79)99(100,101)106(78)80/h4-19,22-57,102-103H,1-3H3. The number of aromatic amines is 2. The fourth-order valence-electron chi connectivity index (χ4n) is 16.1. The molecule has 532 valence electrons. The van der Waals surface area contributed by atoms with Gasteiger partial charge in [-0.1, -0.05) is 186 Å². The van der Waals surface area contributed by atoms with Crippen molar-refractivity contribution in [3.05, 3.63) is 402 Å². The van der Waals surface area contributed by atoms with Gasteiger partial charge in [0.15, 0.2) is 11.4 Å². The van der Waals surface area contributed by atoms with E-state index >= 15 is 8.63 Å². The van der Waals surface area contributed by atoms with Crippen LogP contribution in [-0.2, 0) is 0 Å². The number of benzene rings is 7. The van der Waals surface area contributed by atoms with Crippen LogP contribution in [0.4, 0.5) is 8.63 Å². The average molecular weight is 1520 g/mol. The lowest BCUT2D eigenvalue weighted by atomic mass is 9.88. The van der Waals surface area contributed by atoms with E-state index in [1.54, 1.807) is 57.5 Å². The summed E-state index contributed by atoms with van der Waals surface area (Å²) in [5.41, 5.74) is 23.1. The number of hydrogen-bond donors (Lipinski definition) is 2. The number of hydrogen-bond acceptors (Lipinski definition) is 7. The summed E-state index contributed by atoms with van der Waals surface area (Å²) >= 11 is 7.16. The first-order valence-corrected chi connectivity index (χ1v) is 40.5. The van der Waals surface area contributed by atoms with Gasteiger partial charge in [-0.2, -0.15) is 0 Å². The molecule has 0 unspecified atom stereocenters. The summed E-state index contributed by atoms with van der Waals surface area (Å²) in [7, 11) is 0. The number of nitrogens with zero attached hydrogens (tertiary/aromatic N) is 4. The van der Waals surface area contributed by atoms with Gasteiger partial charge in [-0.3, -0.25) is 0 Å². The topological polar surface area (TPSA) is 78.4 Å². The molecule has 0 fully saturated rings. The molecule has 0 saturated carbocycles. The highest BCUT2D eigenvalue weighted by Gasteiger charge is 2.53. The Balaban J connectivity index is 0.699. The van der Waals surface area contributed by atoms with Crippen molar-refractivity contribution in [3.8, 4) is 56.3 Å². The third-order valence-electron chi connectivity index (χ3n) is 21.6. The molecule has 16 aromatic rings. The first-order valence-electron chi connectivity index (χ1n) is 37.2. The molecule has 5 aliphatic rings. The van der Waals surface area contributed by atoms with E-state index < -0.39 is 6.97 Å². The van der Waals surface area contributed by atoms with Gasteiger partial charge < -0.3 is 32.0 Å². The van der Waals surface area contributed by atoms with Crippen molar-refractivity contribution < 1.29 is 17.5 Å². The van der Waals surface area contributed by atoms with Crippen LogP contribution >= 0.6 is 45.3 Å². The van der Waals surface area contributed by atoms with E-state index in [1.807, 2.05) is 133 Å². The minimum Gasteiger partial charge on any atom is -0.456 e. The molecule has 9 aromatic heterocycles. The summed E-state index contributed by atoms with van der Waals surface area (Å²) in [6.45, 7) is 1.90. The first-order chi connectivity index (χ1) is 54.9. The molecule has 0 spiro atoms. The van der Waals surface area contributed by atoms with E-state index in [1.165, 1.54) is 35.1 Å². The Kier molecular flexibility index (Phi) is 16.1. The second-order valence-electron chi connectivity index (χ2n) is 28.7. The maximum atomic E-state index is 18.4. The van der Waals surface area contributed by atoms with Gasteiger partial charge in [0, 0.05) is 105 Å².